The highest BCUT2D eigenvalue weighted by Crippen LogP contribution is 2.21. The van der Waals surface area contributed by atoms with Gasteiger partial charge in [-0.15, -0.1) is 0 Å². The Balaban J connectivity index is 1.55. The Morgan fingerprint density at radius 1 is 0.786 bits per heavy atom. The first kappa shape index (κ1) is 43.0. The molecular formula is C42H54N6O8. The molecule has 0 aromatic heterocycles. The van der Waals surface area contributed by atoms with Crippen molar-refractivity contribution in [1.82, 2.24) is 26.2 Å². The predicted octanol–water partition coefficient (Wildman–Crippen LogP) is 2.06. The Kier molecular flexibility index (Phi) is 15.5. The smallest absolute Gasteiger partial charge is 0.326 e. The van der Waals surface area contributed by atoms with Crippen molar-refractivity contribution in [2.45, 2.75) is 84.1 Å². The van der Waals surface area contributed by atoms with Crippen molar-refractivity contribution in [1.29, 1.82) is 0 Å². The molecule has 4 rings (SSSR count). The molecule has 0 saturated carbocycles. The lowest BCUT2D eigenvalue weighted by atomic mass is 9.93. The minimum absolute atomic E-state index is 0.0395. The van der Waals surface area contributed by atoms with Gasteiger partial charge in [0.15, 0.2) is 0 Å². The first-order chi connectivity index (χ1) is 26.7. The van der Waals surface area contributed by atoms with Crippen LogP contribution in [-0.2, 0) is 54.6 Å². The van der Waals surface area contributed by atoms with Crippen molar-refractivity contribution in [3.05, 3.63) is 101 Å². The Bertz CT molecular complexity index is 1840. The molecule has 0 aliphatic carbocycles. The normalized spacial score (nSPS) is 16.6. The largest absolute Gasteiger partial charge is 0.508 e. The molecule has 0 bridgehead atoms. The van der Waals surface area contributed by atoms with E-state index in [0.29, 0.717) is 12.0 Å². The molecule has 3 aromatic rings. The lowest BCUT2D eigenvalue weighted by Gasteiger charge is -2.30. The molecule has 56 heavy (non-hydrogen) atoms. The van der Waals surface area contributed by atoms with Crippen molar-refractivity contribution < 1.29 is 39.0 Å². The molecule has 1 heterocycles. The second-order valence-corrected chi connectivity index (χ2v) is 14.8. The third kappa shape index (κ3) is 11.9. The number of benzene rings is 3. The van der Waals surface area contributed by atoms with E-state index in [1.807, 2.05) is 39.0 Å². The quantitative estimate of drug-likeness (QED) is 0.101. The van der Waals surface area contributed by atoms with Crippen LogP contribution in [0.15, 0.2) is 78.9 Å². The highest BCUT2D eigenvalue weighted by Gasteiger charge is 2.37. The van der Waals surface area contributed by atoms with Gasteiger partial charge in [0.2, 0.25) is 29.5 Å². The molecule has 0 radical (unpaired) electrons. The van der Waals surface area contributed by atoms with Crippen LogP contribution in [0.3, 0.4) is 0 Å². The molecular weight excluding hydrogens is 716 g/mol. The number of carbonyl (C=O) groups excluding carboxylic acids is 5. The molecule has 0 fully saturated rings. The third-order valence-corrected chi connectivity index (χ3v) is 10.3. The first-order valence-electron chi connectivity index (χ1n) is 19.0. The first-order valence-corrected chi connectivity index (χ1v) is 19.0. The lowest BCUT2D eigenvalue weighted by molar-refractivity contribution is -0.143. The molecule has 0 unspecified atom stereocenters. The van der Waals surface area contributed by atoms with Crippen LogP contribution in [0.5, 0.6) is 5.75 Å². The average molecular weight is 771 g/mol. The number of nitrogens with one attached hydrogen (secondary N) is 4. The highest BCUT2D eigenvalue weighted by molar-refractivity contribution is 5.96. The van der Waals surface area contributed by atoms with Crippen LogP contribution < -0.4 is 27.0 Å². The van der Waals surface area contributed by atoms with Gasteiger partial charge in [-0.05, 0) is 46.2 Å². The van der Waals surface area contributed by atoms with E-state index in [-0.39, 0.29) is 44.0 Å². The van der Waals surface area contributed by atoms with Crippen molar-refractivity contribution >= 4 is 35.5 Å². The number of phenolic OH excluding ortho intramolecular Hbond substituents is 1. The second-order valence-electron chi connectivity index (χ2n) is 14.8. The molecule has 1 aliphatic rings. The number of phenols is 1. The summed E-state index contributed by atoms with van der Waals surface area (Å²) >= 11 is 0. The van der Waals surface area contributed by atoms with Gasteiger partial charge in [0.25, 0.3) is 0 Å². The van der Waals surface area contributed by atoms with Gasteiger partial charge in [-0.1, -0.05) is 101 Å². The summed E-state index contributed by atoms with van der Waals surface area (Å²) in [5.74, 6) is -5.12. The zero-order valence-electron chi connectivity index (χ0n) is 32.4. The number of hydrogen-bond acceptors (Lipinski definition) is 8. The maximum absolute atomic E-state index is 14.2. The number of aromatic hydroxyl groups is 1. The van der Waals surface area contributed by atoms with Crippen molar-refractivity contribution in [2.75, 3.05) is 13.1 Å². The number of carboxylic acid groups (broad SMARTS) is 1. The number of nitrogens with zero attached hydrogens (tertiary/aromatic N) is 1. The highest BCUT2D eigenvalue weighted by atomic mass is 16.4. The van der Waals surface area contributed by atoms with Crippen LogP contribution in [0.4, 0.5) is 0 Å². The topological polar surface area (TPSA) is 220 Å². The molecule has 3 aromatic carbocycles. The number of fused-ring (bicyclic) bond motifs is 1. The van der Waals surface area contributed by atoms with Crippen molar-refractivity contribution in [3.8, 4) is 5.75 Å². The number of rotatable bonds is 18. The van der Waals surface area contributed by atoms with Gasteiger partial charge in [0.1, 0.15) is 29.9 Å². The van der Waals surface area contributed by atoms with Crippen LogP contribution in [0.1, 0.15) is 56.4 Å². The van der Waals surface area contributed by atoms with E-state index in [1.165, 1.54) is 17.0 Å². The van der Waals surface area contributed by atoms with E-state index >= 15 is 0 Å². The molecule has 8 N–H and O–H groups in total. The number of carbonyl (C=O) groups is 6. The summed E-state index contributed by atoms with van der Waals surface area (Å²) in [5, 5.41) is 30.7. The average Bonchev–Trinajstić information content (AvgIpc) is 3.29. The molecule has 300 valence electrons. The third-order valence-electron chi connectivity index (χ3n) is 10.3. The van der Waals surface area contributed by atoms with Gasteiger partial charge in [-0.2, -0.15) is 0 Å². The molecule has 1 aliphatic heterocycles. The fourth-order valence-corrected chi connectivity index (χ4v) is 6.69. The number of hydrogen-bond donors (Lipinski definition) is 7. The fraction of sp³-hybridized carbons (Fsp3) is 0.429. The van der Waals surface area contributed by atoms with E-state index in [1.54, 1.807) is 55.5 Å². The van der Waals surface area contributed by atoms with Gasteiger partial charge in [-0.25, -0.2) is 4.79 Å². The minimum Gasteiger partial charge on any atom is -0.508 e. The van der Waals surface area contributed by atoms with E-state index in [9.17, 15) is 39.0 Å². The lowest BCUT2D eigenvalue weighted by Crippen LogP contribution is -2.60. The maximum Gasteiger partial charge on any atom is 0.326 e. The molecule has 14 heteroatoms. The number of amides is 5. The summed E-state index contributed by atoms with van der Waals surface area (Å²) in [6.07, 6.45) is 0.703. The van der Waals surface area contributed by atoms with Crippen molar-refractivity contribution in [2.24, 2.45) is 23.5 Å². The molecule has 6 atom stereocenters. The van der Waals surface area contributed by atoms with Gasteiger partial charge in [0.05, 0.1) is 12.5 Å². The number of aliphatic carboxylic acids is 1. The Hall–Kier alpha value is -5.76. The molecule has 14 nitrogen and oxygen atoms in total. The standard InChI is InChI=1S/C42H54N6O8/c1-5-26(4)37(47-39(52)33(19-28-15-17-31(49)18-16-28)45-38(51)32(22-43)25(2)3)40(53)46-34-21-29-13-9-10-14-30(29)23-48(41(34)54)24-36(50)44-35(42(55)56)20-27-11-7-6-8-12-27/h6-18,25-26,32-35,37,49H,5,19-24,43H2,1-4H3,(H,44,50)(H,45,51)(H,46,53)(H,47,52)(H,55,56)/t26-,32-,33-,34-,35-,37-/m0/s1. The Morgan fingerprint density at radius 2 is 1.39 bits per heavy atom. The number of nitrogens with two attached hydrogens (primary N) is 1. The van der Waals surface area contributed by atoms with E-state index in [2.05, 4.69) is 21.3 Å². The van der Waals surface area contributed by atoms with Gasteiger partial charge in [-0.3, -0.25) is 24.0 Å². The second kappa shape index (κ2) is 20.2. The summed E-state index contributed by atoms with van der Waals surface area (Å²) in [4.78, 5) is 82.3. The summed E-state index contributed by atoms with van der Waals surface area (Å²) in [7, 11) is 0. The maximum atomic E-state index is 14.2. The number of carboxylic acids is 1. The van der Waals surface area contributed by atoms with Crippen LogP contribution >= 0.6 is 0 Å². The zero-order chi connectivity index (χ0) is 40.9. The zero-order valence-corrected chi connectivity index (χ0v) is 32.4. The SMILES string of the molecule is CC[C@H](C)[C@H](NC(=O)[C@H](Cc1ccc(O)cc1)NC(=O)[C@@H](CN)C(C)C)C(=O)N[C@H]1Cc2ccccc2CN(CC(=O)N[C@@H](Cc2ccccc2)C(=O)O)C1=O. The Labute approximate surface area is 327 Å². The van der Waals surface area contributed by atoms with Gasteiger partial charge >= 0.3 is 5.97 Å². The van der Waals surface area contributed by atoms with E-state index in [0.717, 1.165) is 16.7 Å². The fourth-order valence-electron chi connectivity index (χ4n) is 6.69. The molecule has 0 saturated heterocycles. The summed E-state index contributed by atoms with van der Waals surface area (Å²) in [5.41, 5.74) is 8.81. The minimum atomic E-state index is -1.23. The van der Waals surface area contributed by atoms with Crippen LogP contribution in [0.2, 0.25) is 0 Å². The summed E-state index contributed by atoms with van der Waals surface area (Å²) < 4.78 is 0. The summed E-state index contributed by atoms with van der Waals surface area (Å²) in [6.45, 7) is 7.02. The van der Waals surface area contributed by atoms with Crippen LogP contribution in [-0.4, -0.2) is 87.9 Å². The monoisotopic (exact) mass is 770 g/mol. The Morgan fingerprint density at radius 3 is 2.00 bits per heavy atom. The van der Waals surface area contributed by atoms with Gasteiger partial charge < -0.3 is 42.1 Å². The van der Waals surface area contributed by atoms with Crippen molar-refractivity contribution in [3.63, 3.8) is 0 Å². The predicted molar refractivity (Wildman–Crippen MR) is 210 cm³/mol. The van der Waals surface area contributed by atoms with E-state index < -0.39 is 78.1 Å². The molecule has 5 amide bonds. The van der Waals surface area contributed by atoms with E-state index in [4.69, 9.17) is 5.73 Å². The summed E-state index contributed by atoms with van der Waals surface area (Å²) in [6, 6.07) is 17.8. The van der Waals surface area contributed by atoms with Gasteiger partial charge in [0, 0.05) is 32.4 Å². The van der Waals surface area contributed by atoms with Crippen LogP contribution in [0.25, 0.3) is 0 Å². The molecule has 0 spiro atoms. The van der Waals surface area contributed by atoms with Crippen LogP contribution in [0, 0.1) is 17.8 Å².